The van der Waals surface area contributed by atoms with Crippen molar-refractivity contribution in [1.82, 2.24) is 20.4 Å². The summed E-state index contributed by atoms with van der Waals surface area (Å²) in [5.74, 6) is 0.671. The molecule has 2 aromatic carbocycles. The molecule has 8 nitrogen and oxygen atoms in total. The van der Waals surface area contributed by atoms with Gasteiger partial charge in [-0.25, -0.2) is 0 Å². The summed E-state index contributed by atoms with van der Waals surface area (Å²) in [5.41, 5.74) is 8.06. The Morgan fingerprint density at radius 1 is 1.11 bits per heavy atom. The Bertz CT molecular complexity index is 1150. The van der Waals surface area contributed by atoms with Gasteiger partial charge in [-0.3, -0.25) is 9.78 Å². The topological polar surface area (TPSA) is 116 Å². The fourth-order valence-corrected chi connectivity index (χ4v) is 2.99. The molecule has 2 heterocycles. The summed E-state index contributed by atoms with van der Waals surface area (Å²) in [4.78, 5) is 15.9. The SMILES string of the molecule is COc1ccc(-c2n[nH]nc2C(N)=O)cc1COc1cccc2cccnc12. The molecule has 4 rings (SSSR count). The highest BCUT2D eigenvalue weighted by Gasteiger charge is 2.17. The van der Waals surface area contributed by atoms with Crippen LogP contribution in [0.25, 0.3) is 22.2 Å². The van der Waals surface area contributed by atoms with Crippen molar-refractivity contribution in [2.24, 2.45) is 5.73 Å². The Labute approximate surface area is 160 Å². The van der Waals surface area contributed by atoms with E-state index in [1.807, 2.05) is 36.4 Å². The molecule has 0 radical (unpaired) electrons. The minimum absolute atomic E-state index is 0.0790. The molecule has 0 saturated carbocycles. The van der Waals surface area contributed by atoms with Crippen molar-refractivity contribution in [2.75, 3.05) is 7.11 Å². The van der Waals surface area contributed by atoms with Gasteiger partial charge in [0.15, 0.2) is 5.69 Å². The molecule has 3 N–H and O–H groups in total. The third kappa shape index (κ3) is 3.23. The molecule has 0 atom stereocenters. The number of rotatable bonds is 6. The van der Waals surface area contributed by atoms with Crippen LogP contribution in [0.1, 0.15) is 16.1 Å². The lowest BCUT2D eigenvalue weighted by Gasteiger charge is -2.13. The number of carbonyl (C=O) groups is 1. The van der Waals surface area contributed by atoms with Crippen LogP contribution in [0.5, 0.6) is 11.5 Å². The van der Waals surface area contributed by atoms with Crippen LogP contribution >= 0.6 is 0 Å². The molecule has 1 amide bonds. The number of nitrogens with two attached hydrogens (primary N) is 1. The number of carbonyl (C=O) groups excluding carboxylic acids is 1. The Morgan fingerprint density at radius 3 is 2.79 bits per heavy atom. The standard InChI is InChI=1S/C20H17N5O3/c1-27-15-8-7-13(18-19(20(21)26)24-25-23-18)10-14(15)11-28-16-6-2-4-12-5-3-9-22-17(12)16/h2-10H,11H2,1H3,(H2,21,26)(H,23,24,25). The number of hydrogen-bond donors (Lipinski definition) is 2. The third-order valence-corrected chi connectivity index (χ3v) is 4.31. The van der Waals surface area contributed by atoms with E-state index in [1.54, 1.807) is 25.4 Å². The fourth-order valence-electron chi connectivity index (χ4n) is 2.99. The molecule has 4 aromatic rings. The average Bonchev–Trinajstić information content (AvgIpc) is 3.22. The van der Waals surface area contributed by atoms with Crippen molar-refractivity contribution in [3.8, 4) is 22.8 Å². The van der Waals surface area contributed by atoms with Gasteiger partial charge in [-0.1, -0.05) is 18.2 Å². The summed E-state index contributed by atoms with van der Waals surface area (Å²) in [6, 6.07) is 15.0. The van der Waals surface area contributed by atoms with E-state index in [0.717, 1.165) is 16.5 Å². The van der Waals surface area contributed by atoms with Crippen LogP contribution in [0.4, 0.5) is 0 Å². The van der Waals surface area contributed by atoms with E-state index in [4.69, 9.17) is 15.2 Å². The molecule has 0 aliphatic rings. The fraction of sp³-hybridized carbons (Fsp3) is 0.100. The highest BCUT2D eigenvalue weighted by Crippen LogP contribution is 2.29. The second-order valence-electron chi connectivity index (χ2n) is 6.03. The molecule has 28 heavy (non-hydrogen) atoms. The molecule has 0 fully saturated rings. The van der Waals surface area contributed by atoms with Crippen molar-refractivity contribution in [3.05, 3.63) is 66.0 Å². The first-order valence-electron chi connectivity index (χ1n) is 8.52. The maximum absolute atomic E-state index is 11.5. The zero-order valence-corrected chi connectivity index (χ0v) is 15.0. The van der Waals surface area contributed by atoms with Gasteiger partial charge < -0.3 is 15.2 Å². The van der Waals surface area contributed by atoms with Crippen molar-refractivity contribution >= 4 is 16.8 Å². The summed E-state index contributed by atoms with van der Waals surface area (Å²) in [6.45, 7) is 0.246. The Kier molecular flexibility index (Phi) is 4.59. The van der Waals surface area contributed by atoms with Gasteiger partial charge in [0.2, 0.25) is 0 Å². The van der Waals surface area contributed by atoms with E-state index < -0.39 is 5.91 Å². The highest BCUT2D eigenvalue weighted by atomic mass is 16.5. The van der Waals surface area contributed by atoms with E-state index in [0.29, 0.717) is 22.8 Å². The molecule has 140 valence electrons. The first kappa shape index (κ1) is 17.5. The van der Waals surface area contributed by atoms with Gasteiger partial charge in [0, 0.05) is 22.7 Å². The van der Waals surface area contributed by atoms with Crippen LogP contribution in [0, 0.1) is 0 Å². The molecule has 8 heteroatoms. The number of amides is 1. The van der Waals surface area contributed by atoms with Crippen molar-refractivity contribution < 1.29 is 14.3 Å². The van der Waals surface area contributed by atoms with Crippen LogP contribution < -0.4 is 15.2 Å². The summed E-state index contributed by atoms with van der Waals surface area (Å²) in [5, 5.41) is 11.3. The Balaban J connectivity index is 1.67. The summed E-state index contributed by atoms with van der Waals surface area (Å²) >= 11 is 0. The smallest absolute Gasteiger partial charge is 0.271 e. The van der Waals surface area contributed by atoms with Crippen LogP contribution in [-0.2, 0) is 6.61 Å². The number of H-pyrrole nitrogens is 1. The quantitative estimate of drug-likeness (QED) is 0.535. The minimum Gasteiger partial charge on any atom is -0.496 e. The number of nitrogens with one attached hydrogen (secondary N) is 1. The van der Waals surface area contributed by atoms with Gasteiger partial charge in [-0.2, -0.15) is 15.4 Å². The summed E-state index contributed by atoms with van der Waals surface area (Å²) < 4.78 is 11.5. The number of aromatic amines is 1. The first-order chi connectivity index (χ1) is 13.7. The molecular formula is C20H17N5O3. The number of methoxy groups -OCH3 is 1. The monoisotopic (exact) mass is 375 g/mol. The van der Waals surface area contributed by atoms with Crippen LogP contribution in [-0.4, -0.2) is 33.4 Å². The van der Waals surface area contributed by atoms with E-state index >= 15 is 0 Å². The normalized spacial score (nSPS) is 10.8. The zero-order chi connectivity index (χ0) is 19.5. The minimum atomic E-state index is -0.654. The third-order valence-electron chi connectivity index (χ3n) is 4.31. The second-order valence-corrected chi connectivity index (χ2v) is 6.03. The second kappa shape index (κ2) is 7.36. The number of para-hydroxylation sites is 1. The van der Waals surface area contributed by atoms with Crippen LogP contribution in [0.15, 0.2) is 54.7 Å². The molecule has 0 saturated heterocycles. The molecule has 0 spiro atoms. The highest BCUT2D eigenvalue weighted by molar-refractivity contribution is 5.96. The predicted octanol–water partition coefficient (Wildman–Crippen LogP) is 2.71. The molecule has 0 aliphatic carbocycles. The molecule has 0 unspecified atom stereocenters. The summed E-state index contributed by atoms with van der Waals surface area (Å²) in [6.07, 6.45) is 1.73. The zero-order valence-electron chi connectivity index (χ0n) is 15.0. The van der Waals surface area contributed by atoms with E-state index in [9.17, 15) is 4.79 Å². The van der Waals surface area contributed by atoms with Gasteiger partial charge in [0.25, 0.3) is 5.91 Å². The lowest BCUT2D eigenvalue weighted by atomic mass is 10.1. The van der Waals surface area contributed by atoms with E-state index in [1.165, 1.54) is 0 Å². The lowest BCUT2D eigenvalue weighted by molar-refractivity contribution is 0.0996. The van der Waals surface area contributed by atoms with Gasteiger partial charge in [0.1, 0.15) is 29.3 Å². The van der Waals surface area contributed by atoms with Gasteiger partial charge in [0.05, 0.1) is 7.11 Å². The molecule has 0 bridgehead atoms. The number of pyridine rings is 1. The molecule has 0 aliphatic heterocycles. The number of benzene rings is 2. The number of hydrogen-bond acceptors (Lipinski definition) is 6. The molecule has 2 aromatic heterocycles. The van der Waals surface area contributed by atoms with Gasteiger partial charge in [-0.05, 0) is 30.3 Å². The lowest BCUT2D eigenvalue weighted by Crippen LogP contribution is -2.12. The number of fused-ring (bicyclic) bond motifs is 1. The van der Waals surface area contributed by atoms with Gasteiger partial charge in [-0.15, -0.1) is 0 Å². The van der Waals surface area contributed by atoms with Crippen molar-refractivity contribution in [2.45, 2.75) is 6.61 Å². The maximum Gasteiger partial charge on any atom is 0.271 e. The largest absolute Gasteiger partial charge is 0.496 e. The van der Waals surface area contributed by atoms with E-state index in [-0.39, 0.29) is 12.3 Å². The number of primary amides is 1. The Hall–Kier alpha value is -3.94. The number of nitrogens with zero attached hydrogens (tertiary/aromatic N) is 3. The number of aromatic nitrogens is 4. The van der Waals surface area contributed by atoms with Crippen LogP contribution in [0.2, 0.25) is 0 Å². The van der Waals surface area contributed by atoms with Crippen molar-refractivity contribution in [1.29, 1.82) is 0 Å². The maximum atomic E-state index is 11.5. The van der Waals surface area contributed by atoms with Gasteiger partial charge >= 0.3 is 0 Å². The average molecular weight is 375 g/mol. The summed E-state index contributed by atoms with van der Waals surface area (Å²) in [7, 11) is 1.59. The number of ether oxygens (including phenoxy) is 2. The van der Waals surface area contributed by atoms with E-state index in [2.05, 4.69) is 20.4 Å². The molecular weight excluding hydrogens is 358 g/mol. The Morgan fingerprint density at radius 2 is 1.96 bits per heavy atom. The van der Waals surface area contributed by atoms with Crippen LogP contribution in [0.3, 0.4) is 0 Å². The predicted molar refractivity (Wildman–Crippen MR) is 103 cm³/mol. The first-order valence-corrected chi connectivity index (χ1v) is 8.52. The van der Waals surface area contributed by atoms with Crippen molar-refractivity contribution in [3.63, 3.8) is 0 Å².